The number of methoxy groups -OCH3 is 1. The molecule has 0 bridgehead atoms. The van der Waals surface area contributed by atoms with Crippen LogP contribution in [-0.4, -0.2) is 50.1 Å². The van der Waals surface area contributed by atoms with Crippen molar-refractivity contribution in [1.82, 2.24) is 4.90 Å². The van der Waals surface area contributed by atoms with Crippen LogP contribution in [0.15, 0.2) is 48.5 Å². The first kappa shape index (κ1) is 21.9. The molecule has 2 rings (SSSR count). The van der Waals surface area contributed by atoms with E-state index in [2.05, 4.69) is 4.90 Å². The Labute approximate surface area is 169 Å². The SMILES string of the molecule is COc1ccc(C=CC(=O)Oc2ccc([N+](=O)[O-])cc2)cc1OCCCN(C)C. The molecular formula is C21H24N2O6. The second-order valence-electron chi connectivity index (χ2n) is 6.42. The van der Waals surface area contributed by atoms with E-state index in [1.807, 2.05) is 14.1 Å². The quantitative estimate of drug-likeness (QED) is 0.150. The molecule has 0 atom stereocenters. The fourth-order valence-electron chi connectivity index (χ4n) is 2.42. The molecule has 0 aliphatic heterocycles. The summed E-state index contributed by atoms with van der Waals surface area (Å²) in [6, 6.07) is 10.6. The molecule has 0 unspecified atom stereocenters. The van der Waals surface area contributed by atoms with Crippen LogP contribution in [0, 0.1) is 10.1 Å². The number of benzene rings is 2. The summed E-state index contributed by atoms with van der Waals surface area (Å²) in [6.45, 7) is 1.46. The van der Waals surface area contributed by atoms with Crippen LogP contribution in [0.1, 0.15) is 12.0 Å². The molecule has 0 saturated heterocycles. The minimum absolute atomic E-state index is 0.0725. The maximum absolute atomic E-state index is 12.0. The molecule has 29 heavy (non-hydrogen) atoms. The summed E-state index contributed by atoms with van der Waals surface area (Å²) in [4.78, 5) is 24.2. The molecule has 8 heteroatoms. The molecule has 0 N–H and O–H groups in total. The topological polar surface area (TPSA) is 91.1 Å². The van der Waals surface area contributed by atoms with E-state index in [1.165, 1.54) is 30.3 Å². The van der Waals surface area contributed by atoms with Gasteiger partial charge in [0.2, 0.25) is 0 Å². The van der Waals surface area contributed by atoms with Crippen molar-refractivity contribution in [3.05, 3.63) is 64.2 Å². The van der Waals surface area contributed by atoms with E-state index in [1.54, 1.807) is 31.4 Å². The van der Waals surface area contributed by atoms with Gasteiger partial charge in [0.25, 0.3) is 5.69 Å². The normalized spacial score (nSPS) is 10.9. The Kier molecular flexibility index (Phi) is 8.17. The van der Waals surface area contributed by atoms with Crippen LogP contribution in [0.25, 0.3) is 6.08 Å². The third-order valence-electron chi connectivity index (χ3n) is 3.87. The van der Waals surface area contributed by atoms with Gasteiger partial charge in [-0.05, 0) is 56.4 Å². The summed E-state index contributed by atoms with van der Waals surface area (Å²) in [7, 11) is 5.57. The summed E-state index contributed by atoms with van der Waals surface area (Å²) >= 11 is 0. The number of nitro benzene ring substituents is 1. The van der Waals surface area contributed by atoms with Gasteiger partial charge in [-0.2, -0.15) is 0 Å². The minimum atomic E-state index is -0.594. The van der Waals surface area contributed by atoms with Crippen LogP contribution in [0.2, 0.25) is 0 Å². The number of non-ortho nitro benzene ring substituents is 1. The van der Waals surface area contributed by atoms with Crippen molar-refractivity contribution in [3.8, 4) is 17.2 Å². The highest BCUT2D eigenvalue weighted by Crippen LogP contribution is 2.28. The zero-order valence-electron chi connectivity index (χ0n) is 16.7. The first-order chi connectivity index (χ1) is 13.9. The molecule has 0 aromatic heterocycles. The van der Waals surface area contributed by atoms with Crippen molar-refractivity contribution >= 4 is 17.7 Å². The fourth-order valence-corrected chi connectivity index (χ4v) is 2.42. The maximum atomic E-state index is 12.0. The van der Waals surface area contributed by atoms with E-state index in [4.69, 9.17) is 14.2 Å². The Bertz CT molecular complexity index is 862. The Balaban J connectivity index is 1.98. The van der Waals surface area contributed by atoms with Crippen molar-refractivity contribution < 1.29 is 23.9 Å². The van der Waals surface area contributed by atoms with Gasteiger partial charge in [0.05, 0.1) is 18.6 Å². The number of ether oxygens (including phenoxy) is 3. The molecule has 0 radical (unpaired) electrons. The van der Waals surface area contributed by atoms with Crippen molar-refractivity contribution in [3.63, 3.8) is 0 Å². The summed E-state index contributed by atoms with van der Waals surface area (Å²) in [5, 5.41) is 10.6. The van der Waals surface area contributed by atoms with E-state index in [0.717, 1.165) is 18.5 Å². The predicted octanol–water partition coefficient (Wildman–Crippen LogP) is 3.55. The van der Waals surface area contributed by atoms with E-state index in [9.17, 15) is 14.9 Å². The van der Waals surface area contributed by atoms with E-state index in [-0.39, 0.29) is 11.4 Å². The molecule has 0 saturated carbocycles. The van der Waals surface area contributed by atoms with Gasteiger partial charge in [-0.15, -0.1) is 0 Å². The summed E-state index contributed by atoms with van der Waals surface area (Å²) in [5.41, 5.74) is 0.672. The smallest absolute Gasteiger partial charge is 0.336 e. The molecule has 0 spiro atoms. The largest absolute Gasteiger partial charge is 0.493 e. The number of nitrogens with zero attached hydrogens (tertiary/aromatic N) is 2. The zero-order valence-corrected chi connectivity index (χ0v) is 16.7. The standard InChI is InChI=1S/C21H24N2O6/c1-22(2)13-4-14-28-20-15-16(5-11-19(20)27-3)6-12-21(24)29-18-9-7-17(8-10-18)23(25)26/h5-12,15H,4,13-14H2,1-3H3. The summed E-state index contributed by atoms with van der Waals surface area (Å²) in [6.07, 6.45) is 3.75. The van der Waals surface area contributed by atoms with Crippen LogP contribution in [0.3, 0.4) is 0 Å². The summed E-state index contributed by atoms with van der Waals surface area (Å²) in [5.74, 6) is 0.839. The van der Waals surface area contributed by atoms with E-state index < -0.39 is 10.9 Å². The van der Waals surface area contributed by atoms with Crippen molar-refractivity contribution in [1.29, 1.82) is 0 Å². The first-order valence-electron chi connectivity index (χ1n) is 8.99. The molecule has 0 aliphatic carbocycles. The second kappa shape index (κ2) is 10.8. The van der Waals surface area contributed by atoms with E-state index >= 15 is 0 Å². The van der Waals surface area contributed by atoms with Gasteiger partial charge in [-0.25, -0.2) is 4.79 Å². The molecular weight excluding hydrogens is 376 g/mol. The van der Waals surface area contributed by atoms with Gasteiger partial charge < -0.3 is 19.1 Å². The van der Waals surface area contributed by atoms with Crippen LogP contribution in [0.4, 0.5) is 5.69 Å². The number of carbonyl (C=O) groups excluding carboxylic acids is 1. The van der Waals surface area contributed by atoms with Gasteiger partial charge in [0.15, 0.2) is 11.5 Å². The van der Waals surface area contributed by atoms with Gasteiger partial charge in [-0.3, -0.25) is 10.1 Å². The van der Waals surface area contributed by atoms with Crippen molar-refractivity contribution in [2.24, 2.45) is 0 Å². The van der Waals surface area contributed by atoms with Crippen molar-refractivity contribution in [2.75, 3.05) is 34.4 Å². The lowest BCUT2D eigenvalue weighted by Gasteiger charge is -2.13. The molecule has 154 valence electrons. The average Bonchev–Trinajstić information content (AvgIpc) is 2.70. The van der Waals surface area contributed by atoms with Crippen LogP contribution in [-0.2, 0) is 4.79 Å². The Hall–Kier alpha value is -3.39. The third kappa shape index (κ3) is 7.27. The number of esters is 1. The number of hydrogen-bond donors (Lipinski definition) is 0. The lowest BCUT2D eigenvalue weighted by atomic mass is 10.2. The van der Waals surface area contributed by atoms with Gasteiger partial charge in [0.1, 0.15) is 5.75 Å². The third-order valence-corrected chi connectivity index (χ3v) is 3.87. The highest BCUT2D eigenvalue weighted by Gasteiger charge is 2.08. The Morgan fingerprint density at radius 1 is 1.14 bits per heavy atom. The van der Waals surface area contributed by atoms with Crippen LogP contribution >= 0.6 is 0 Å². The lowest BCUT2D eigenvalue weighted by Crippen LogP contribution is -2.15. The Morgan fingerprint density at radius 2 is 1.86 bits per heavy atom. The molecule has 8 nitrogen and oxygen atoms in total. The number of nitro groups is 1. The van der Waals surface area contributed by atoms with Crippen LogP contribution in [0.5, 0.6) is 17.2 Å². The highest BCUT2D eigenvalue weighted by molar-refractivity contribution is 5.88. The molecule has 0 aliphatic rings. The van der Waals surface area contributed by atoms with E-state index in [0.29, 0.717) is 18.1 Å². The number of rotatable bonds is 10. The van der Waals surface area contributed by atoms with Gasteiger partial charge in [0, 0.05) is 24.8 Å². The zero-order chi connectivity index (χ0) is 21.2. The average molecular weight is 400 g/mol. The molecule has 0 fully saturated rings. The minimum Gasteiger partial charge on any atom is -0.493 e. The molecule has 0 amide bonds. The first-order valence-corrected chi connectivity index (χ1v) is 8.99. The van der Waals surface area contributed by atoms with Crippen LogP contribution < -0.4 is 14.2 Å². The molecule has 0 heterocycles. The number of hydrogen-bond acceptors (Lipinski definition) is 7. The fraction of sp³-hybridized carbons (Fsp3) is 0.286. The van der Waals surface area contributed by atoms with Gasteiger partial charge in [-0.1, -0.05) is 6.07 Å². The predicted molar refractivity (Wildman–Crippen MR) is 109 cm³/mol. The second-order valence-corrected chi connectivity index (χ2v) is 6.42. The Morgan fingerprint density at radius 3 is 2.48 bits per heavy atom. The molecule has 2 aromatic rings. The number of carbonyl (C=O) groups is 1. The lowest BCUT2D eigenvalue weighted by molar-refractivity contribution is -0.384. The van der Waals surface area contributed by atoms with Crippen molar-refractivity contribution in [2.45, 2.75) is 6.42 Å². The van der Waals surface area contributed by atoms with Gasteiger partial charge >= 0.3 is 5.97 Å². The summed E-state index contributed by atoms with van der Waals surface area (Å²) < 4.78 is 16.2. The molecule has 2 aromatic carbocycles. The monoisotopic (exact) mass is 400 g/mol. The highest BCUT2D eigenvalue weighted by atomic mass is 16.6. The maximum Gasteiger partial charge on any atom is 0.336 e.